The molecule has 1 aliphatic rings. The Kier molecular flexibility index (Phi) is 11.5. The van der Waals surface area contributed by atoms with Gasteiger partial charge in [0.1, 0.15) is 11.6 Å². The third kappa shape index (κ3) is 9.90. The molecule has 0 bridgehead atoms. The van der Waals surface area contributed by atoms with Gasteiger partial charge in [-0.3, -0.25) is 9.59 Å². The van der Waals surface area contributed by atoms with E-state index in [0.29, 0.717) is 37.3 Å². The lowest BCUT2D eigenvalue weighted by atomic mass is 9.81. The summed E-state index contributed by atoms with van der Waals surface area (Å²) in [5.74, 6) is 0.0622. The fraction of sp³-hybridized carbons (Fsp3) is 0.421. The molecule has 0 saturated heterocycles. The van der Waals surface area contributed by atoms with E-state index in [0.717, 1.165) is 40.8 Å². The molecule has 1 aromatic heterocycles. The number of carbonyl (C=O) groups excluding carboxylic acids is 3. The van der Waals surface area contributed by atoms with Gasteiger partial charge in [-0.05, 0) is 123 Å². The van der Waals surface area contributed by atoms with Crippen LogP contribution in [-0.2, 0) is 20.7 Å². The van der Waals surface area contributed by atoms with E-state index in [1.165, 1.54) is 5.56 Å². The number of tetrazole rings is 1. The molecule has 0 spiro atoms. The molecule has 1 atom stereocenters. The van der Waals surface area contributed by atoms with Gasteiger partial charge in [0.2, 0.25) is 17.6 Å². The minimum Gasteiger partial charge on any atom is -0.444 e. The van der Waals surface area contributed by atoms with Gasteiger partial charge in [0, 0.05) is 49.9 Å². The van der Waals surface area contributed by atoms with E-state index >= 15 is 0 Å². The minimum absolute atomic E-state index is 0.135. The van der Waals surface area contributed by atoms with Crippen LogP contribution in [0.1, 0.15) is 57.6 Å². The Balaban J connectivity index is 1.26. The number of nitrogens with zero attached hydrogens (tertiary/aromatic N) is 4. The van der Waals surface area contributed by atoms with Gasteiger partial charge >= 0.3 is 6.09 Å². The molecule has 1 fully saturated rings. The van der Waals surface area contributed by atoms with Crippen molar-refractivity contribution in [1.82, 2.24) is 31.3 Å². The fourth-order valence-electron chi connectivity index (χ4n) is 6.14. The summed E-state index contributed by atoms with van der Waals surface area (Å²) in [4.78, 5) is 41.6. The summed E-state index contributed by atoms with van der Waals surface area (Å²) in [5.41, 5.74) is 6.24. The van der Waals surface area contributed by atoms with Gasteiger partial charge < -0.3 is 25.6 Å². The average Bonchev–Trinajstić information content (AvgIpc) is 3.63. The van der Waals surface area contributed by atoms with Crippen LogP contribution in [0.4, 0.5) is 16.2 Å². The zero-order chi connectivity index (χ0) is 35.8. The number of hydrogen-bond acceptors (Lipinski definition) is 8. The predicted molar refractivity (Wildman–Crippen MR) is 195 cm³/mol. The first kappa shape index (κ1) is 36.0. The monoisotopic (exact) mass is 680 g/mol. The Labute approximate surface area is 293 Å². The van der Waals surface area contributed by atoms with E-state index in [1.807, 2.05) is 47.0 Å². The largest absolute Gasteiger partial charge is 0.444 e. The Morgan fingerprint density at radius 2 is 1.62 bits per heavy atom. The summed E-state index contributed by atoms with van der Waals surface area (Å²) in [6.45, 7) is 8.10. The van der Waals surface area contributed by atoms with Crippen molar-refractivity contribution in [1.29, 1.82) is 0 Å². The van der Waals surface area contributed by atoms with Crippen LogP contribution in [0.25, 0.3) is 22.5 Å². The molecule has 1 saturated carbocycles. The summed E-state index contributed by atoms with van der Waals surface area (Å²) < 4.78 is 5.35. The summed E-state index contributed by atoms with van der Waals surface area (Å²) in [5, 5.41) is 22.9. The van der Waals surface area contributed by atoms with Gasteiger partial charge in [-0.15, -0.1) is 10.2 Å². The minimum atomic E-state index is -0.796. The number of rotatable bonds is 11. The average molecular weight is 681 g/mol. The van der Waals surface area contributed by atoms with E-state index in [9.17, 15) is 14.4 Å². The lowest BCUT2D eigenvalue weighted by molar-refractivity contribution is -0.130. The molecule has 3 aromatic carbocycles. The van der Waals surface area contributed by atoms with Gasteiger partial charge in [0.05, 0.1) is 0 Å². The fourth-order valence-corrected chi connectivity index (χ4v) is 6.14. The lowest BCUT2D eigenvalue weighted by Crippen LogP contribution is -2.48. The topological polar surface area (TPSA) is 154 Å². The van der Waals surface area contributed by atoms with Crippen molar-refractivity contribution < 1.29 is 19.1 Å². The smallest absolute Gasteiger partial charge is 0.407 e. The first-order chi connectivity index (χ1) is 23.8. The number of ether oxygens (including phenoxy) is 1. The zero-order valence-electron chi connectivity index (χ0n) is 29.7. The van der Waals surface area contributed by atoms with Gasteiger partial charge in [-0.2, -0.15) is 5.21 Å². The molecule has 1 heterocycles. The van der Waals surface area contributed by atoms with Crippen molar-refractivity contribution in [3.05, 3.63) is 77.9 Å². The van der Waals surface area contributed by atoms with Crippen LogP contribution in [-0.4, -0.2) is 70.8 Å². The number of aromatic nitrogens is 4. The van der Waals surface area contributed by atoms with E-state index in [2.05, 4.69) is 78.7 Å². The molecular weight excluding hydrogens is 632 g/mol. The number of anilines is 2. The normalized spacial score (nSPS) is 16.6. The maximum absolute atomic E-state index is 13.8. The maximum Gasteiger partial charge on any atom is 0.407 e. The highest BCUT2D eigenvalue weighted by Crippen LogP contribution is 2.30. The quantitative estimate of drug-likeness (QED) is 0.153. The molecule has 0 aliphatic heterocycles. The molecule has 4 N–H and O–H groups in total. The van der Waals surface area contributed by atoms with Crippen molar-refractivity contribution in [2.24, 2.45) is 11.8 Å². The van der Waals surface area contributed by atoms with Gasteiger partial charge in [-0.1, -0.05) is 30.3 Å². The SMILES string of the molecule is Cc1ccc(N(C)C)cc1-c1ccc(C[C@H](NC(=O)C2CCC(CNC(=O)OC(C)(C)C)CC2)C(=O)Nc2ccc(-c3nn[nH]n3)cc2)cc1. The number of aryl methyl sites for hydroxylation is 1. The van der Waals surface area contributed by atoms with E-state index in [1.54, 1.807) is 24.3 Å². The third-order valence-electron chi connectivity index (χ3n) is 8.98. The molecular formula is C38H48N8O4. The van der Waals surface area contributed by atoms with Crippen molar-refractivity contribution in [2.45, 2.75) is 71.4 Å². The van der Waals surface area contributed by atoms with Crippen LogP contribution in [0.5, 0.6) is 0 Å². The second-order valence-corrected chi connectivity index (χ2v) is 14.3. The number of nitrogens with one attached hydrogen (secondary N) is 4. The zero-order valence-corrected chi connectivity index (χ0v) is 29.7. The Morgan fingerprint density at radius 1 is 0.940 bits per heavy atom. The number of carbonyl (C=O) groups is 3. The maximum atomic E-state index is 13.8. The Hall–Kier alpha value is -5.26. The molecule has 1 aliphatic carbocycles. The number of H-pyrrole nitrogens is 1. The van der Waals surface area contributed by atoms with Gasteiger partial charge in [-0.25, -0.2) is 4.79 Å². The molecule has 12 nitrogen and oxygen atoms in total. The number of alkyl carbamates (subject to hydrolysis) is 1. The summed E-state index contributed by atoms with van der Waals surface area (Å²) in [7, 11) is 4.05. The summed E-state index contributed by atoms with van der Waals surface area (Å²) in [6.07, 6.45) is 2.85. The van der Waals surface area contributed by atoms with Gasteiger partial charge in [0.25, 0.3) is 0 Å². The molecule has 0 unspecified atom stereocenters. The van der Waals surface area contributed by atoms with Crippen molar-refractivity contribution in [3.63, 3.8) is 0 Å². The number of benzene rings is 3. The van der Waals surface area contributed by atoms with Crippen LogP contribution in [0.3, 0.4) is 0 Å². The molecule has 0 radical (unpaired) electrons. The molecule has 3 amide bonds. The predicted octanol–water partition coefficient (Wildman–Crippen LogP) is 5.91. The molecule has 5 rings (SSSR count). The molecule has 50 heavy (non-hydrogen) atoms. The van der Waals surface area contributed by atoms with E-state index in [-0.39, 0.29) is 23.7 Å². The van der Waals surface area contributed by atoms with Crippen molar-refractivity contribution in [2.75, 3.05) is 30.9 Å². The van der Waals surface area contributed by atoms with Gasteiger partial charge in [0.15, 0.2) is 0 Å². The van der Waals surface area contributed by atoms with E-state index in [4.69, 9.17) is 4.74 Å². The van der Waals surface area contributed by atoms with Crippen LogP contribution in [0.2, 0.25) is 0 Å². The highest BCUT2D eigenvalue weighted by molar-refractivity contribution is 5.97. The summed E-state index contributed by atoms with van der Waals surface area (Å²) in [6, 6.07) is 20.9. The second-order valence-electron chi connectivity index (χ2n) is 14.3. The van der Waals surface area contributed by atoms with E-state index < -0.39 is 17.7 Å². The van der Waals surface area contributed by atoms with Crippen LogP contribution < -0.4 is 20.9 Å². The standard InChI is InChI=1S/C38H48N8O4/c1-24-7-20-31(46(5)6)22-32(24)27-12-8-25(9-13-27)21-33(36(48)40-30-18-16-28(17-19-30)34-42-44-45-43-34)41-35(47)29-14-10-26(11-15-29)23-39-37(49)50-38(2,3)4/h7-9,12-13,16-20,22,26,29,33H,10-11,14-15,21,23H2,1-6H3,(H,39,49)(H,40,48)(H,41,47)(H,42,43,44,45)/t26?,29?,33-/m0/s1. The van der Waals surface area contributed by atoms with Crippen LogP contribution in [0, 0.1) is 18.8 Å². The molecule has 12 heteroatoms. The summed E-state index contributed by atoms with van der Waals surface area (Å²) >= 11 is 0. The number of hydrogen-bond donors (Lipinski definition) is 4. The van der Waals surface area contributed by atoms with Crippen molar-refractivity contribution in [3.8, 4) is 22.5 Å². The third-order valence-corrected chi connectivity index (χ3v) is 8.98. The highest BCUT2D eigenvalue weighted by Gasteiger charge is 2.30. The lowest BCUT2D eigenvalue weighted by Gasteiger charge is -2.29. The Morgan fingerprint density at radius 3 is 2.24 bits per heavy atom. The molecule has 4 aromatic rings. The first-order valence-corrected chi connectivity index (χ1v) is 17.1. The number of amides is 3. The van der Waals surface area contributed by atoms with Crippen LogP contribution in [0.15, 0.2) is 66.7 Å². The first-order valence-electron chi connectivity index (χ1n) is 17.1. The molecule has 264 valence electrons. The Bertz CT molecular complexity index is 1740. The van der Waals surface area contributed by atoms with Crippen LogP contribution >= 0.6 is 0 Å². The van der Waals surface area contributed by atoms with Crippen molar-refractivity contribution >= 4 is 29.3 Å². The number of aromatic amines is 1. The second kappa shape index (κ2) is 16.0. The highest BCUT2D eigenvalue weighted by atomic mass is 16.6.